The lowest BCUT2D eigenvalue weighted by atomic mass is 10.6. The van der Waals surface area contributed by atoms with Crippen LogP contribution in [0.1, 0.15) is 0 Å². The van der Waals surface area contributed by atoms with Crippen molar-refractivity contribution in [3.05, 3.63) is 0 Å². The van der Waals surface area contributed by atoms with Gasteiger partial charge in [-0.25, -0.2) is 4.57 Å². The van der Waals surface area contributed by atoms with Crippen LogP contribution in [-0.4, -0.2) is 33.3 Å². The zero-order valence-electron chi connectivity index (χ0n) is 6.07. The summed E-state index contributed by atoms with van der Waals surface area (Å²) < 4.78 is 14.5. The van der Waals surface area contributed by atoms with Gasteiger partial charge in [-0.3, -0.25) is 9.32 Å². The Morgan fingerprint density at radius 3 is 2.58 bits per heavy atom. The first kappa shape index (κ1) is 12.3. The number of carbonyl (C=O) groups is 1. The van der Waals surface area contributed by atoms with Crippen LogP contribution in [0.3, 0.4) is 0 Å². The van der Waals surface area contributed by atoms with Crippen LogP contribution in [0.2, 0.25) is 0 Å². The Labute approximate surface area is 83.1 Å². The van der Waals surface area contributed by atoms with E-state index in [2.05, 4.69) is 9.84 Å². The molecule has 0 rings (SSSR count). The number of hydrogen-bond acceptors (Lipinski definition) is 3. The van der Waals surface area contributed by atoms with Crippen LogP contribution in [0, 0.1) is 0 Å². The molecule has 1 amide bonds. The average molecular weight is 309 g/mol. The molecule has 0 aliphatic heterocycles. The molecule has 3 N–H and O–H groups in total. The molecule has 12 heavy (non-hydrogen) atoms. The molecule has 0 fully saturated rings. The van der Waals surface area contributed by atoms with Crippen molar-refractivity contribution in [2.45, 2.75) is 0 Å². The monoisotopic (exact) mass is 309 g/mol. The third kappa shape index (κ3) is 8.41. The smallest absolute Gasteiger partial charge is 0.353 e. The van der Waals surface area contributed by atoms with Crippen molar-refractivity contribution >= 4 is 36.3 Å². The molecule has 0 unspecified atom stereocenters. The highest BCUT2D eigenvalue weighted by Gasteiger charge is 2.12. The van der Waals surface area contributed by atoms with Crippen LogP contribution in [0.25, 0.3) is 0 Å². The van der Waals surface area contributed by atoms with Crippen LogP contribution in [0.5, 0.6) is 0 Å². The second-order valence-corrected chi connectivity index (χ2v) is 3.81. The van der Waals surface area contributed by atoms with Gasteiger partial charge in [0.2, 0.25) is 5.91 Å². The van der Waals surface area contributed by atoms with Crippen molar-refractivity contribution in [3.63, 3.8) is 0 Å². The number of phosphoric acid groups is 1. The van der Waals surface area contributed by atoms with Gasteiger partial charge in [-0.2, -0.15) is 0 Å². The largest absolute Gasteiger partial charge is 0.469 e. The Balaban J connectivity index is 3.34. The highest BCUT2D eigenvalue weighted by atomic mass is 127. The number of carbonyl (C=O) groups excluding carboxylic acids is 1. The molecule has 6 nitrogen and oxygen atoms in total. The lowest BCUT2D eigenvalue weighted by Gasteiger charge is -2.05. The van der Waals surface area contributed by atoms with E-state index in [1.165, 1.54) is 0 Å². The Bertz CT molecular complexity index is 192. The van der Waals surface area contributed by atoms with Gasteiger partial charge >= 0.3 is 7.82 Å². The van der Waals surface area contributed by atoms with E-state index < -0.39 is 7.82 Å². The molecule has 0 atom stereocenters. The standard InChI is InChI=1S/C4H9INO5P/c5-3-4(7)6-1-2-11-12(8,9)10/h1-3H2,(H,6,7)(H2,8,9,10). The van der Waals surface area contributed by atoms with Gasteiger partial charge < -0.3 is 15.1 Å². The quantitative estimate of drug-likeness (QED) is 0.279. The summed E-state index contributed by atoms with van der Waals surface area (Å²) in [6.45, 7) is -0.0837. The van der Waals surface area contributed by atoms with Crippen molar-refractivity contribution in [1.29, 1.82) is 0 Å². The normalized spacial score (nSPS) is 11.2. The SMILES string of the molecule is O=C(CI)NCCOP(=O)(O)O. The number of hydrogen-bond donors (Lipinski definition) is 3. The average Bonchev–Trinajstić information content (AvgIpc) is 1.96. The highest BCUT2D eigenvalue weighted by molar-refractivity contribution is 14.1. The molecular weight excluding hydrogens is 300 g/mol. The van der Waals surface area contributed by atoms with E-state index in [1.807, 2.05) is 22.6 Å². The van der Waals surface area contributed by atoms with Gasteiger partial charge in [0, 0.05) is 6.54 Å². The summed E-state index contributed by atoms with van der Waals surface area (Å²) in [5.74, 6) is -0.190. The molecule has 0 bridgehead atoms. The highest BCUT2D eigenvalue weighted by Crippen LogP contribution is 2.34. The molecule has 0 aromatic rings. The van der Waals surface area contributed by atoms with E-state index in [-0.39, 0.29) is 19.1 Å². The van der Waals surface area contributed by atoms with Crippen molar-refractivity contribution in [2.75, 3.05) is 17.6 Å². The summed E-state index contributed by atoms with van der Waals surface area (Å²) in [5, 5.41) is 2.39. The van der Waals surface area contributed by atoms with Gasteiger partial charge in [-0.1, -0.05) is 22.6 Å². The maximum absolute atomic E-state index is 10.6. The summed E-state index contributed by atoms with van der Waals surface area (Å²) in [5.41, 5.74) is 0. The predicted molar refractivity (Wildman–Crippen MR) is 49.9 cm³/mol. The van der Waals surface area contributed by atoms with Gasteiger partial charge in [0.1, 0.15) is 0 Å². The predicted octanol–water partition coefficient (Wildman–Crippen LogP) is -0.353. The number of halogens is 1. The molecular formula is C4H9INO5P. The van der Waals surface area contributed by atoms with Crippen molar-refractivity contribution in [2.24, 2.45) is 0 Å². The minimum absolute atomic E-state index is 0.104. The third-order valence-electron chi connectivity index (χ3n) is 0.805. The number of phosphoric ester groups is 1. The number of rotatable bonds is 5. The van der Waals surface area contributed by atoms with Crippen molar-refractivity contribution < 1.29 is 23.7 Å². The molecule has 8 heteroatoms. The van der Waals surface area contributed by atoms with Crippen LogP contribution in [0.4, 0.5) is 0 Å². The summed E-state index contributed by atoms with van der Waals surface area (Å²) in [7, 11) is -4.39. The van der Waals surface area contributed by atoms with E-state index in [0.29, 0.717) is 4.43 Å². The summed E-state index contributed by atoms with van der Waals surface area (Å²) >= 11 is 1.87. The minimum atomic E-state index is -4.39. The topological polar surface area (TPSA) is 95.9 Å². The molecule has 0 aromatic carbocycles. The van der Waals surface area contributed by atoms with Crippen LogP contribution in [0.15, 0.2) is 0 Å². The molecule has 72 valence electrons. The zero-order chi connectivity index (χ0) is 9.61. The Morgan fingerprint density at radius 1 is 1.58 bits per heavy atom. The Hall–Kier alpha value is 0.310. The summed E-state index contributed by atoms with van der Waals surface area (Å²) in [6, 6.07) is 0. The van der Waals surface area contributed by atoms with Crippen LogP contribution in [-0.2, 0) is 13.9 Å². The summed E-state index contributed by atoms with van der Waals surface area (Å²) in [4.78, 5) is 27.0. The maximum atomic E-state index is 10.6. The molecule has 0 heterocycles. The Kier molecular flexibility index (Phi) is 6.02. The fourth-order valence-corrected chi connectivity index (χ4v) is 1.00. The first-order valence-electron chi connectivity index (χ1n) is 2.98. The third-order valence-corrected chi connectivity index (χ3v) is 2.02. The zero-order valence-corrected chi connectivity index (χ0v) is 9.12. The first-order valence-corrected chi connectivity index (χ1v) is 6.04. The fraction of sp³-hybridized carbons (Fsp3) is 0.750. The van der Waals surface area contributed by atoms with Gasteiger partial charge in [0.05, 0.1) is 11.0 Å². The van der Waals surface area contributed by atoms with Crippen LogP contribution >= 0.6 is 30.4 Å². The number of nitrogens with one attached hydrogen (secondary N) is 1. The molecule has 0 saturated carbocycles. The lowest BCUT2D eigenvalue weighted by Crippen LogP contribution is -2.27. The van der Waals surface area contributed by atoms with E-state index in [1.54, 1.807) is 0 Å². The van der Waals surface area contributed by atoms with Gasteiger partial charge in [0.25, 0.3) is 0 Å². The minimum Gasteiger partial charge on any atom is -0.353 e. The van der Waals surface area contributed by atoms with Crippen molar-refractivity contribution in [3.8, 4) is 0 Å². The van der Waals surface area contributed by atoms with Crippen LogP contribution < -0.4 is 5.32 Å². The second kappa shape index (κ2) is 5.87. The molecule has 0 aliphatic rings. The Morgan fingerprint density at radius 2 is 2.17 bits per heavy atom. The van der Waals surface area contributed by atoms with E-state index >= 15 is 0 Å². The van der Waals surface area contributed by atoms with E-state index in [9.17, 15) is 9.36 Å². The molecule has 0 saturated heterocycles. The molecule has 0 aromatic heterocycles. The molecule has 0 spiro atoms. The maximum Gasteiger partial charge on any atom is 0.469 e. The first-order chi connectivity index (χ1) is 5.45. The van der Waals surface area contributed by atoms with Gasteiger partial charge in [-0.05, 0) is 0 Å². The molecule has 0 aliphatic carbocycles. The van der Waals surface area contributed by atoms with Gasteiger partial charge in [0.15, 0.2) is 0 Å². The summed E-state index contributed by atoms with van der Waals surface area (Å²) in [6.07, 6.45) is 0. The number of amides is 1. The number of alkyl halides is 1. The van der Waals surface area contributed by atoms with Gasteiger partial charge in [-0.15, -0.1) is 0 Å². The molecule has 0 radical (unpaired) electrons. The van der Waals surface area contributed by atoms with E-state index in [4.69, 9.17) is 9.79 Å². The van der Waals surface area contributed by atoms with Crippen molar-refractivity contribution in [1.82, 2.24) is 5.32 Å². The fourth-order valence-electron chi connectivity index (χ4n) is 0.402. The lowest BCUT2D eigenvalue weighted by molar-refractivity contribution is -0.118. The second-order valence-electron chi connectivity index (χ2n) is 1.81. The van der Waals surface area contributed by atoms with E-state index in [0.717, 1.165) is 0 Å².